The Bertz CT molecular complexity index is 977. The number of hydrogen-bond acceptors (Lipinski definition) is 5. The molecule has 0 aliphatic carbocycles. The van der Waals surface area contributed by atoms with Gasteiger partial charge >= 0.3 is 12.2 Å². The molecule has 1 aliphatic heterocycles. The molecule has 3 atom stereocenters. The number of phenols is 1. The van der Waals surface area contributed by atoms with Crippen LogP contribution in [0.1, 0.15) is 27.5 Å². The van der Waals surface area contributed by atoms with Gasteiger partial charge in [0, 0.05) is 5.56 Å². The third-order valence-corrected chi connectivity index (χ3v) is 4.99. The topological polar surface area (TPSA) is 108 Å². The van der Waals surface area contributed by atoms with E-state index in [1.807, 2.05) is 0 Å². The first-order chi connectivity index (χ1) is 14.0. The number of aryl methyl sites for hydroxylation is 1. The van der Waals surface area contributed by atoms with Crippen LogP contribution in [0.3, 0.4) is 0 Å². The minimum atomic E-state index is -5.35. The number of aromatic hydroxyl groups is 1. The Balaban J connectivity index is 2.18. The predicted octanol–water partition coefficient (Wildman–Crippen LogP) is 2.81. The van der Waals surface area contributed by atoms with Crippen LogP contribution in [0.15, 0.2) is 42.5 Å². The van der Waals surface area contributed by atoms with Gasteiger partial charge in [0.1, 0.15) is 5.92 Å². The first-order valence-corrected chi connectivity index (χ1v) is 8.83. The number of methoxy groups -OCH3 is 1. The average molecular weight is 424 g/mol. The number of rotatable bonds is 4. The van der Waals surface area contributed by atoms with Gasteiger partial charge in [-0.3, -0.25) is 4.79 Å². The molecule has 7 nitrogen and oxygen atoms in total. The van der Waals surface area contributed by atoms with Gasteiger partial charge in [-0.1, -0.05) is 35.9 Å². The second-order valence-corrected chi connectivity index (χ2v) is 6.98. The van der Waals surface area contributed by atoms with Crippen molar-refractivity contribution in [2.24, 2.45) is 5.92 Å². The van der Waals surface area contributed by atoms with Crippen molar-refractivity contribution in [3.05, 3.63) is 59.2 Å². The lowest BCUT2D eigenvalue weighted by Gasteiger charge is -2.45. The van der Waals surface area contributed by atoms with Crippen molar-refractivity contribution in [3.8, 4) is 11.5 Å². The maximum atomic E-state index is 13.9. The number of nitrogens with one attached hydrogen (secondary N) is 2. The van der Waals surface area contributed by atoms with Crippen LogP contribution < -0.4 is 15.4 Å². The average Bonchev–Trinajstić information content (AvgIpc) is 2.67. The number of benzene rings is 2. The SMILES string of the molecule is COc1cc([C@@H]2NC(=O)N[C@@](O)(C(F)(F)F)[C@H]2C(=O)c2ccc(C)cc2)ccc1O. The minimum Gasteiger partial charge on any atom is -0.504 e. The summed E-state index contributed by atoms with van der Waals surface area (Å²) >= 11 is 0. The molecule has 30 heavy (non-hydrogen) atoms. The van der Waals surface area contributed by atoms with Crippen molar-refractivity contribution in [3.63, 3.8) is 0 Å². The van der Waals surface area contributed by atoms with Gasteiger partial charge in [-0.05, 0) is 24.6 Å². The van der Waals surface area contributed by atoms with E-state index < -0.39 is 35.7 Å². The molecule has 0 aromatic heterocycles. The molecular formula is C20H19F3N2O5. The summed E-state index contributed by atoms with van der Waals surface area (Å²) in [7, 11) is 1.24. The van der Waals surface area contributed by atoms with E-state index >= 15 is 0 Å². The zero-order valence-electron chi connectivity index (χ0n) is 15.9. The first kappa shape index (κ1) is 21.4. The summed E-state index contributed by atoms with van der Waals surface area (Å²) in [6.45, 7) is 1.74. The molecule has 0 spiro atoms. The zero-order chi connectivity index (χ0) is 22.3. The van der Waals surface area contributed by atoms with E-state index in [0.29, 0.717) is 0 Å². The van der Waals surface area contributed by atoms with Crippen molar-refractivity contribution in [2.45, 2.75) is 24.9 Å². The van der Waals surface area contributed by atoms with E-state index in [1.165, 1.54) is 36.7 Å². The lowest BCUT2D eigenvalue weighted by Crippen LogP contribution is -2.72. The Hall–Kier alpha value is -3.27. The largest absolute Gasteiger partial charge is 0.504 e. The number of ether oxygens (including phenoxy) is 1. The van der Waals surface area contributed by atoms with Crippen molar-refractivity contribution < 1.29 is 37.7 Å². The van der Waals surface area contributed by atoms with Gasteiger partial charge in [0.15, 0.2) is 17.3 Å². The molecule has 1 saturated heterocycles. The number of carbonyl (C=O) groups excluding carboxylic acids is 2. The minimum absolute atomic E-state index is 0.0348. The van der Waals surface area contributed by atoms with Gasteiger partial charge in [0.2, 0.25) is 5.72 Å². The molecule has 3 rings (SSSR count). The quantitative estimate of drug-likeness (QED) is 0.565. The Kier molecular flexibility index (Phi) is 5.38. The number of hydrogen-bond donors (Lipinski definition) is 4. The van der Waals surface area contributed by atoms with Crippen LogP contribution in [-0.4, -0.2) is 41.0 Å². The number of carbonyl (C=O) groups is 2. The number of urea groups is 1. The molecule has 1 aliphatic rings. The van der Waals surface area contributed by atoms with E-state index in [-0.39, 0.29) is 22.6 Å². The summed E-state index contributed by atoms with van der Waals surface area (Å²) in [5.74, 6) is -3.54. The van der Waals surface area contributed by atoms with Gasteiger partial charge in [-0.2, -0.15) is 13.2 Å². The summed E-state index contributed by atoms with van der Waals surface area (Å²) in [5, 5.41) is 24.1. The molecule has 2 aromatic carbocycles. The number of amides is 2. The Morgan fingerprint density at radius 3 is 2.37 bits per heavy atom. The summed E-state index contributed by atoms with van der Waals surface area (Å²) in [6, 6.07) is 6.51. The molecule has 10 heteroatoms. The highest BCUT2D eigenvalue weighted by atomic mass is 19.4. The van der Waals surface area contributed by atoms with Crippen molar-refractivity contribution in [1.29, 1.82) is 0 Å². The van der Waals surface area contributed by atoms with Gasteiger partial charge in [-0.25, -0.2) is 4.79 Å². The zero-order valence-corrected chi connectivity index (χ0v) is 15.9. The second kappa shape index (κ2) is 7.52. The maximum absolute atomic E-state index is 13.9. The molecule has 0 bridgehead atoms. The Labute approximate surface area is 169 Å². The fraction of sp³-hybridized carbons (Fsp3) is 0.300. The Morgan fingerprint density at radius 1 is 1.17 bits per heavy atom. The van der Waals surface area contributed by atoms with E-state index in [4.69, 9.17) is 4.74 Å². The van der Waals surface area contributed by atoms with Crippen LogP contribution in [0.5, 0.6) is 11.5 Å². The number of Topliss-reactive ketones (excluding diaryl/α,β-unsaturated/α-hetero) is 1. The summed E-state index contributed by atoms with van der Waals surface area (Å²) in [6.07, 6.45) is -5.35. The van der Waals surface area contributed by atoms with Crippen molar-refractivity contribution in [2.75, 3.05) is 7.11 Å². The molecule has 2 aromatic rings. The van der Waals surface area contributed by atoms with Crippen LogP contribution in [-0.2, 0) is 0 Å². The molecule has 2 amide bonds. The van der Waals surface area contributed by atoms with Crippen LogP contribution >= 0.6 is 0 Å². The predicted molar refractivity (Wildman–Crippen MR) is 99.1 cm³/mol. The molecule has 0 saturated carbocycles. The van der Waals surface area contributed by atoms with Crippen LogP contribution in [0.25, 0.3) is 0 Å². The third-order valence-electron chi connectivity index (χ3n) is 4.99. The molecule has 4 N–H and O–H groups in total. The normalized spacial score (nSPS) is 24.0. The molecule has 1 fully saturated rings. The standard InChI is InChI=1S/C20H19F3N2O5/c1-10-3-5-11(6-4-10)17(27)15-16(12-7-8-13(26)14(9-12)30-2)24-18(28)25-19(15,29)20(21,22)23/h3-9,15-16,26,29H,1-2H3,(H2,24,25,28)/t15-,16+,19+/m1/s1. The molecule has 160 valence electrons. The van der Waals surface area contributed by atoms with Crippen LogP contribution in [0.2, 0.25) is 0 Å². The third kappa shape index (κ3) is 3.65. The van der Waals surface area contributed by atoms with Gasteiger partial charge in [0.25, 0.3) is 0 Å². The monoisotopic (exact) mass is 424 g/mol. The van der Waals surface area contributed by atoms with E-state index in [2.05, 4.69) is 5.32 Å². The molecular weight excluding hydrogens is 405 g/mol. The highest BCUT2D eigenvalue weighted by molar-refractivity contribution is 6.00. The van der Waals surface area contributed by atoms with E-state index in [0.717, 1.165) is 11.6 Å². The van der Waals surface area contributed by atoms with Gasteiger partial charge in [0.05, 0.1) is 13.2 Å². The fourth-order valence-electron chi connectivity index (χ4n) is 3.40. The first-order valence-electron chi connectivity index (χ1n) is 8.83. The van der Waals surface area contributed by atoms with Crippen molar-refractivity contribution in [1.82, 2.24) is 10.6 Å². The van der Waals surface area contributed by atoms with E-state index in [1.54, 1.807) is 19.1 Å². The number of halogens is 3. The number of alkyl halides is 3. The lowest BCUT2D eigenvalue weighted by atomic mass is 9.77. The van der Waals surface area contributed by atoms with Gasteiger partial charge in [-0.15, -0.1) is 0 Å². The summed E-state index contributed by atoms with van der Waals surface area (Å²) < 4.78 is 46.6. The second-order valence-electron chi connectivity index (χ2n) is 6.98. The molecule has 0 radical (unpaired) electrons. The highest BCUT2D eigenvalue weighted by Gasteiger charge is 2.66. The number of phenolic OH excluding ortho intramolecular Hbond substituents is 1. The summed E-state index contributed by atoms with van der Waals surface area (Å²) in [5.41, 5.74) is -3.07. The summed E-state index contributed by atoms with van der Waals surface area (Å²) in [4.78, 5) is 25.2. The molecule has 0 unspecified atom stereocenters. The highest BCUT2D eigenvalue weighted by Crippen LogP contribution is 2.45. The smallest absolute Gasteiger partial charge is 0.437 e. The Morgan fingerprint density at radius 2 is 1.80 bits per heavy atom. The fourth-order valence-corrected chi connectivity index (χ4v) is 3.40. The number of ketones is 1. The van der Waals surface area contributed by atoms with Gasteiger partial charge < -0.3 is 25.6 Å². The van der Waals surface area contributed by atoms with Crippen LogP contribution in [0, 0.1) is 12.8 Å². The van der Waals surface area contributed by atoms with Crippen molar-refractivity contribution >= 4 is 11.8 Å². The maximum Gasteiger partial charge on any atom is 0.437 e. The van der Waals surface area contributed by atoms with Crippen LogP contribution in [0.4, 0.5) is 18.0 Å². The number of aliphatic hydroxyl groups is 1. The lowest BCUT2D eigenvalue weighted by molar-refractivity contribution is -0.287. The van der Waals surface area contributed by atoms with E-state index in [9.17, 15) is 33.0 Å². The molecule has 1 heterocycles.